The molecular formula is C25H25BrF3N7O3. The number of benzene rings is 1. The largest absolute Gasteiger partial charge is 0.573 e. The second-order valence-corrected chi connectivity index (χ2v) is 10.2. The molecule has 0 radical (unpaired) electrons. The Bertz CT molecular complexity index is 1320. The van der Waals surface area contributed by atoms with E-state index in [1.165, 1.54) is 12.1 Å². The van der Waals surface area contributed by atoms with Crippen LogP contribution in [0.3, 0.4) is 0 Å². The molecule has 0 atom stereocenters. The Morgan fingerprint density at radius 3 is 2.36 bits per heavy atom. The Hall–Kier alpha value is -3.81. The molecule has 1 aliphatic carbocycles. The van der Waals surface area contributed by atoms with Crippen molar-refractivity contribution in [2.45, 2.75) is 25.7 Å². The van der Waals surface area contributed by atoms with Gasteiger partial charge in [-0.25, -0.2) is 14.8 Å². The number of nitrogens with one attached hydrogen (secondary N) is 2. The van der Waals surface area contributed by atoms with Crippen LogP contribution >= 0.6 is 15.9 Å². The number of piperazine rings is 1. The number of hydrogen-bond donors (Lipinski definition) is 2. The summed E-state index contributed by atoms with van der Waals surface area (Å²) in [7, 11) is 0. The number of urea groups is 1. The van der Waals surface area contributed by atoms with Gasteiger partial charge in [0.15, 0.2) is 5.82 Å². The molecule has 206 valence electrons. The van der Waals surface area contributed by atoms with Gasteiger partial charge in [0.25, 0.3) is 5.91 Å². The van der Waals surface area contributed by atoms with E-state index in [9.17, 15) is 22.8 Å². The average Bonchev–Trinajstić information content (AvgIpc) is 3.63. The number of alkyl halides is 3. The maximum atomic E-state index is 13.4. The Morgan fingerprint density at radius 2 is 1.74 bits per heavy atom. The SMILES string of the molecule is O=C(Nc1ccc(OC(F)(F)F)cc1)Nc1cn(CC2CC2)c(C(=O)N2CCN(c3ccc(Br)cn3)CC2)n1. The van der Waals surface area contributed by atoms with Crippen LogP contribution in [0.4, 0.5) is 35.3 Å². The van der Waals surface area contributed by atoms with E-state index >= 15 is 0 Å². The van der Waals surface area contributed by atoms with Gasteiger partial charge in [-0.3, -0.25) is 10.1 Å². The van der Waals surface area contributed by atoms with Crippen molar-refractivity contribution >= 4 is 45.2 Å². The molecule has 14 heteroatoms. The summed E-state index contributed by atoms with van der Waals surface area (Å²) in [4.78, 5) is 38.6. The summed E-state index contributed by atoms with van der Waals surface area (Å²) in [6.45, 7) is 2.89. The zero-order valence-electron chi connectivity index (χ0n) is 20.6. The molecular weight excluding hydrogens is 583 g/mol. The quantitative estimate of drug-likeness (QED) is 0.393. The van der Waals surface area contributed by atoms with Crippen LogP contribution in [0.5, 0.6) is 5.75 Å². The smallest absolute Gasteiger partial charge is 0.406 e. The molecule has 2 aromatic heterocycles. The van der Waals surface area contributed by atoms with Crippen LogP contribution in [0, 0.1) is 5.92 Å². The summed E-state index contributed by atoms with van der Waals surface area (Å²) in [5.41, 5.74) is 0.258. The van der Waals surface area contributed by atoms with Gasteiger partial charge in [0, 0.05) is 55.3 Å². The lowest BCUT2D eigenvalue weighted by Gasteiger charge is -2.35. The van der Waals surface area contributed by atoms with Crippen LogP contribution in [0.2, 0.25) is 0 Å². The average molecular weight is 608 g/mol. The molecule has 5 rings (SSSR count). The highest BCUT2D eigenvalue weighted by Gasteiger charge is 2.31. The molecule has 3 heterocycles. The molecule has 2 aliphatic rings. The van der Waals surface area contributed by atoms with Crippen LogP contribution in [-0.4, -0.2) is 63.9 Å². The fourth-order valence-electron chi connectivity index (χ4n) is 4.22. The minimum atomic E-state index is -4.80. The van der Waals surface area contributed by atoms with Crippen LogP contribution in [0.25, 0.3) is 0 Å². The third-order valence-corrected chi connectivity index (χ3v) is 6.78. The first-order valence-corrected chi connectivity index (χ1v) is 13.1. The van der Waals surface area contributed by atoms with E-state index in [0.717, 1.165) is 35.3 Å². The molecule has 0 bridgehead atoms. The summed E-state index contributed by atoms with van der Waals surface area (Å²) >= 11 is 3.38. The standard InChI is InChI=1S/C25H25BrF3N7O3/c26-17-3-8-21(30-13-17)34-9-11-35(12-10-34)23(37)22-32-20(15-36(22)14-16-1-2-16)33-24(38)31-18-4-6-19(7-5-18)39-25(27,28)29/h3-8,13,15-16H,1-2,9-12,14H2,(H2,31,33,38). The Labute approximate surface area is 230 Å². The first-order chi connectivity index (χ1) is 18.6. The van der Waals surface area contributed by atoms with Crippen molar-refractivity contribution in [3.63, 3.8) is 0 Å². The van der Waals surface area contributed by atoms with E-state index in [4.69, 9.17) is 0 Å². The molecule has 0 unspecified atom stereocenters. The van der Waals surface area contributed by atoms with Crippen molar-refractivity contribution in [3.05, 3.63) is 59.1 Å². The van der Waals surface area contributed by atoms with Crippen LogP contribution in [-0.2, 0) is 6.54 Å². The maximum Gasteiger partial charge on any atom is 0.573 e. The molecule has 1 saturated carbocycles. The second kappa shape index (κ2) is 11.1. The number of carbonyl (C=O) groups is 2. The van der Waals surface area contributed by atoms with Gasteiger partial charge >= 0.3 is 12.4 Å². The number of imidazole rings is 1. The van der Waals surface area contributed by atoms with Gasteiger partial charge in [-0.1, -0.05) is 0 Å². The zero-order valence-corrected chi connectivity index (χ0v) is 22.2. The highest BCUT2D eigenvalue weighted by atomic mass is 79.9. The number of halogens is 4. The van der Waals surface area contributed by atoms with Crippen molar-refractivity contribution in [1.82, 2.24) is 19.4 Å². The summed E-state index contributed by atoms with van der Waals surface area (Å²) in [5.74, 6) is 1.15. The predicted molar refractivity (Wildman–Crippen MR) is 141 cm³/mol. The number of ether oxygens (including phenoxy) is 1. The first kappa shape index (κ1) is 26.8. The summed E-state index contributed by atoms with van der Waals surface area (Å²) in [5, 5.41) is 5.14. The Morgan fingerprint density at radius 1 is 1.03 bits per heavy atom. The number of rotatable bonds is 7. The van der Waals surface area contributed by atoms with Gasteiger partial charge in [0.2, 0.25) is 5.82 Å². The fourth-order valence-corrected chi connectivity index (χ4v) is 4.45. The summed E-state index contributed by atoms with van der Waals surface area (Å²) < 4.78 is 43.5. The van der Waals surface area contributed by atoms with Crippen molar-refractivity contribution in [2.75, 3.05) is 41.7 Å². The van der Waals surface area contributed by atoms with Gasteiger partial charge in [-0.15, -0.1) is 13.2 Å². The molecule has 39 heavy (non-hydrogen) atoms. The van der Waals surface area contributed by atoms with Crippen molar-refractivity contribution in [2.24, 2.45) is 5.92 Å². The van der Waals surface area contributed by atoms with Crippen molar-refractivity contribution < 1.29 is 27.5 Å². The number of amides is 3. The maximum absolute atomic E-state index is 13.4. The van der Waals surface area contributed by atoms with E-state index in [0.29, 0.717) is 38.6 Å². The van der Waals surface area contributed by atoms with E-state index in [2.05, 4.69) is 46.2 Å². The van der Waals surface area contributed by atoms with Gasteiger partial charge in [-0.05, 0) is 71.1 Å². The normalized spacial score (nSPS) is 15.7. The number of carbonyl (C=O) groups excluding carboxylic acids is 2. The molecule has 0 spiro atoms. The van der Waals surface area contributed by atoms with Crippen LogP contribution in [0.15, 0.2) is 53.3 Å². The number of nitrogens with zero attached hydrogens (tertiary/aromatic N) is 5. The van der Waals surface area contributed by atoms with Gasteiger partial charge < -0.3 is 24.4 Å². The number of hydrogen-bond acceptors (Lipinski definition) is 6. The number of anilines is 3. The highest BCUT2D eigenvalue weighted by Crippen LogP contribution is 2.32. The van der Waals surface area contributed by atoms with E-state index in [1.807, 2.05) is 12.1 Å². The molecule has 3 aromatic rings. The molecule has 1 aromatic carbocycles. The summed E-state index contributed by atoms with van der Waals surface area (Å²) in [6.07, 6.45) is 0.714. The Kier molecular flexibility index (Phi) is 7.64. The first-order valence-electron chi connectivity index (χ1n) is 12.3. The zero-order chi connectivity index (χ0) is 27.6. The van der Waals surface area contributed by atoms with Crippen LogP contribution < -0.4 is 20.3 Å². The van der Waals surface area contributed by atoms with Crippen molar-refractivity contribution in [3.8, 4) is 5.75 Å². The number of aromatic nitrogens is 3. The third-order valence-electron chi connectivity index (χ3n) is 6.31. The molecule has 1 saturated heterocycles. The number of pyridine rings is 1. The molecule has 1 aliphatic heterocycles. The summed E-state index contributed by atoms with van der Waals surface area (Å²) in [6, 6.07) is 7.96. The van der Waals surface area contributed by atoms with E-state index in [-0.39, 0.29) is 23.2 Å². The lowest BCUT2D eigenvalue weighted by molar-refractivity contribution is -0.274. The Balaban J connectivity index is 1.21. The monoisotopic (exact) mass is 607 g/mol. The second-order valence-electron chi connectivity index (χ2n) is 9.31. The molecule has 3 amide bonds. The fraction of sp³-hybridized carbons (Fsp3) is 0.360. The lowest BCUT2D eigenvalue weighted by Crippen LogP contribution is -2.49. The van der Waals surface area contributed by atoms with Gasteiger partial charge in [0.1, 0.15) is 11.6 Å². The lowest BCUT2D eigenvalue weighted by atomic mass is 10.3. The molecule has 2 N–H and O–H groups in total. The van der Waals surface area contributed by atoms with E-state index in [1.54, 1.807) is 21.9 Å². The topological polar surface area (TPSA) is 105 Å². The minimum Gasteiger partial charge on any atom is -0.406 e. The molecule has 10 nitrogen and oxygen atoms in total. The van der Waals surface area contributed by atoms with Crippen LogP contribution in [0.1, 0.15) is 23.5 Å². The minimum absolute atomic E-state index is 0.200. The van der Waals surface area contributed by atoms with Crippen molar-refractivity contribution in [1.29, 1.82) is 0 Å². The highest BCUT2D eigenvalue weighted by molar-refractivity contribution is 9.10. The predicted octanol–water partition coefficient (Wildman–Crippen LogP) is 4.96. The molecule has 2 fully saturated rings. The van der Waals surface area contributed by atoms with E-state index < -0.39 is 18.1 Å². The third kappa shape index (κ3) is 7.19. The van der Waals surface area contributed by atoms with Gasteiger partial charge in [-0.2, -0.15) is 0 Å². The van der Waals surface area contributed by atoms with Gasteiger partial charge in [0.05, 0.1) is 0 Å².